The second-order valence-corrected chi connectivity index (χ2v) is 10.7. The van der Waals surface area contributed by atoms with E-state index in [-0.39, 0.29) is 22.9 Å². The van der Waals surface area contributed by atoms with Crippen LogP contribution in [0.4, 0.5) is 10.5 Å². The minimum atomic E-state index is -4.21. The van der Waals surface area contributed by atoms with Crippen molar-refractivity contribution in [3.63, 3.8) is 0 Å². The zero-order valence-corrected chi connectivity index (χ0v) is 22.2. The maximum Gasteiger partial charge on any atom is 0.414 e. The van der Waals surface area contributed by atoms with Crippen LogP contribution in [0.5, 0.6) is 5.88 Å². The van der Waals surface area contributed by atoms with E-state index in [2.05, 4.69) is 15.6 Å². The Morgan fingerprint density at radius 1 is 1.11 bits per heavy atom. The second-order valence-electron chi connectivity index (χ2n) is 8.03. The van der Waals surface area contributed by atoms with Gasteiger partial charge in [-0.2, -0.15) is 0 Å². The normalized spacial score (nSPS) is 16.2. The fourth-order valence-electron chi connectivity index (χ4n) is 3.61. The van der Waals surface area contributed by atoms with Crippen molar-refractivity contribution in [1.82, 2.24) is 15.0 Å². The van der Waals surface area contributed by atoms with Crippen LogP contribution in [0.3, 0.4) is 0 Å². The molecule has 3 N–H and O–H groups in total. The molecule has 1 unspecified atom stereocenters. The average Bonchev–Trinajstić information content (AvgIpc) is 2.89. The van der Waals surface area contributed by atoms with Crippen LogP contribution in [0.1, 0.15) is 21.5 Å². The van der Waals surface area contributed by atoms with Crippen LogP contribution in [0, 0.1) is 0 Å². The lowest BCUT2D eigenvalue weighted by molar-refractivity contribution is 0.0981. The van der Waals surface area contributed by atoms with Crippen LogP contribution < -0.4 is 20.1 Å². The molecule has 38 heavy (non-hydrogen) atoms. The van der Waals surface area contributed by atoms with Gasteiger partial charge in [-0.05, 0) is 54.2 Å². The molecular formula is C25H22Cl2N4O6S. The van der Waals surface area contributed by atoms with E-state index in [0.717, 1.165) is 11.9 Å². The molecule has 0 aliphatic carbocycles. The molecule has 0 saturated carbocycles. The summed E-state index contributed by atoms with van der Waals surface area (Å²) in [5, 5.41) is 6.06. The number of hydrogen-bond acceptors (Lipinski definition) is 8. The number of rotatable bonds is 8. The molecule has 1 aromatic heterocycles. The quantitative estimate of drug-likeness (QED) is 0.270. The highest BCUT2D eigenvalue weighted by Gasteiger charge is 2.34. The van der Waals surface area contributed by atoms with E-state index < -0.39 is 26.9 Å². The minimum Gasteiger partial charge on any atom is -0.391 e. The number of benzene rings is 2. The fourth-order valence-corrected chi connectivity index (χ4v) is 5.10. The molecule has 4 rings (SSSR count). The van der Waals surface area contributed by atoms with Crippen LogP contribution >= 0.6 is 23.2 Å². The molecule has 198 valence electrons. The van der Waals surface area contributed by atoms with Crippen LogP contribution in [0.25, 0.3) is 0 Å². The van der Waals surface area contributed by atoms with Crippen molar-refractivity contribution in [3.8, 4) is 5.88 Å². The molecule has 0 spiro atoms. The van der Waals surface area contributed by atoms with Gasteiger partial charge in [-0.25, -0.2) is 22.9 Å². The Hall–Kier alpha value is -3.64. The zero-order chi connectivity index (χ0) is 27.3. The van der Waals surface area contributed by atoms with Crippen molar-refractivity contribution in [3.05, 3.63) is 94.8 Å². The third-order valence-corrected chi connectivity index (χ3v) is 7.64. The van der Waals surface area contributed by atoms with Crippen molar-refractivity contribution in [2.75, 3.05) is 25.6 Å². The van der Waals surface area contributed by atoms with Gasteiger partial charge in [-0.1, -0.05) is 23.7 Å². The van der Waals surface area contributed by atoms with Crippen molar-refractivity contribution in [1.29, 1.82) is 0 Å². The van der Waals surface area contributed by atoms with Crippen LogP contribution in [-0.2, 0) is 19.6 Å². The van der Waals surface area contributed by atoms with Gasteiger partial charge < -0.3 is 20.1 Å². The Morgan fingerprint density at radius 2 is 1.87 bits per heavy atom. The van der Waals surface area contributed by atoms with Crippen LogP contribution in [0.15, 0.2) is 78.0 Å². The Balaban J connectivity index is 1.45. The number of carbonyl (C=O) groups excluding carboxylic acids is 2. The number of nitrogens with one attached hydrogen (secondary N) is 3. The third kappa shape index (κ3) is 6.08. The summed E-state index contributed by atoms with van der Waals surface area (Å²) >= 11 is 13.1. The minimum absolute atomic E-state index is 0.0506. The highest BCUT2D eigenvalue weighted by molar-refractivity contribution is 7.90. The Bertz CT molecular complexity index is 1480. The molecule has 2 aromatic carbocycles. The Morgan fingerprint density at radius 3 is 2.55 bits per heavy atom. The Kier molecular flexibility index (Phi) is 8.22. The fraction of sp³-hybridized carbons (Fsp3) is 0.160. The molecule has 1 aliphatic rings. The molecule has 2 amide bonds. The van der Waals surface area contributed by atoms with E-state index in [1.54, 1.807) is 42.6 Å². The summed E-state index contributed by atoms with van der Waals surface area (Å²) in [5.41, 5.74) is 2.04. The van der Waals surface area contributed by atoms with Crippen LogP contribution in [0.2, 0.25) is 5.02 Å². The summed E-state index contributed by atoms with van der Waals surface area (Å²) in [7, 11) is -2.72. The number of anilines is 1. The molecule has 0 radical (unpaired) electrons. The van der Waals surface area contributed by atoms with Gasteiger partial charge >= 0.3 is 6.09 Å². The van der Waals surface area contributed by atoms with E-state index in [0.29, 0.717) is 22.8 Å². The van der Waals surface area contributed by atoms with Gasteiger partial charge in [0.1, 0.15) is 4.87 Å². The number of hydrogen-bond donors (Lipinski definition) is 3. The van der Waals surface area contributed by atoms with Gasteiger partial charge in [-0.3, -0.25) is 4.79 Å². The van der Waals surface area contributed by atoms with E-state index >= 15 is 0 Å². The molecule has 0 fully saturated rings. The highest BCUT2D eigenvalue weighted by atomic mass is 35.5. The van der Waals surface area contributed by atoms with Gasteiger partial charge in [-0.15, -0.1) is 11.6 Å². The summed E-state index contributed by atoms with van der Waals surface area (Å²) in [4.78, 5) is 26.9. The number of carbonyl (C=O) groups is 2. The van der Waals surface area contributed by atoms with Crippen molar-refractivity contribution >= 4 is 50.9 Å². The molecule has 10 nitrogen and oxygen atoms in total. The lowest BCUT2D eigenvalue weighted by Gasteiger charge is -2.30. The lowest BCUT2D eigenvalue weighted by atomic mass is 9.87. The zero-order valence-electron chi connectivity index (χ0n) is 19.9. The van der Waals surface area contributed by atoms with Gasteiger partial charge in [0.15, 0.2) is 0 Å². The van der Waals surface area contributed by atoms with Gasteiger partial charge in [0, 0.05) is 42.2 Å². The molecule has 1 atom stereocenters. The van der Waals surface area contributed by atoms with Gasteiger partial charge in [0.25, 0.3) is 15.9 Å². The first-order valence-electron chi connectivity index (χ1n) is 11.1. The number of nitrogens with zero attached hydrogens (tertiary/aromatic N) is 1. The molecule has 0 bridgehead atoms. The molecule has 1 aliphatic heterocycles. The third-order valence-electron chi connectivity index (χ3n) is 5.51. The number of sulfonamides is 1. The number of fused-ring (bicyclic) bond motifs is 1. The van der Waals surface area contributed by atoms with Crippen molar-refractivity contribution < 1.29 is 27.5 Å². The highest BCUT2D eigenvalue weighted by Crippen LogP contribution is 2.45. The number of amides is 2. The van der Waals surface area contributed by atoms with Gasteiger partial charge in [0.2, 0.25) is 5.88 Å². The maximum atomic E-state index is 12.8. The summed E-state index contributed by atoms with van der Waals surface area (Å²) in [6.45, 7) is 0.555. The summed E-state index contributed by atoms with van der Waals surface area (Å²) < 4.78 is 37.5. The lowest BCUT2D eigenvalue weighted by Crippen LogP contribution is -2.31. The molecule has 3 aromatic rings. The number of alkyl halides is 1. The van der Waals surface area contributed by atoms with Crippen molar-refractivity contribution in [2.24, 2.45) is 0 Å². The number of allylic oxidation sites excluding steroid dienone is 1. The molecule has 13 heteroatoms. The SMILES string of the molecule is COCCNC(=O)Oc1ccc(C(=O)NS(=O)(=O)c2ccc(C3(Cl)C=CNc4ccc(Cl)cc43)cc2)cn1. The van der Waals surface area contributed by atoms with Crippen molar-refractivity contribution in [2.45, 2.75) is 9.77 Å². The topological polar surface area (TPSA) is 136 Å². The molecule has 0 saturated heterocycles. The first-order valence-corrected chi connectivity index (χ1v) is 13.4. The number of methoxy groups -OCH3 is 1. The largest absolute Gasteiger partial charge is 0.414 e. The van der Waals surface area contributed by atoms with E-state index in [1.165, 1.54) is 31.4 Å². The van der Waals surface area contributed by atoms with E-state index in [9.17, 15) is 18.0 Å². The molecular weight excluding hydrogens is 555 g/mol. The predicted molar refractivity (Wildman–Crippen MR) is 142 cm³/mol. The van der Waals surface area contributed by atoms with Crippen LogP contribution in [-0.4, -0.2) is 45.7 Å². The van der Waals surface area contributed by atoms with E-state index in [1.807, 2.05) is 4.72 Å². The summed E-state index contributed by atoms with van der Waals surface area (Å²) in [5.74, 6) is -0.976. The average molecular weight is 577 g/mol. The second kappa shape index (κ2) is 11.4. The number of halogens is 2. The predicted octanol–water partition coefficient (Wildman–Crippen LogP) is 4.01. The first kappa shape index (κ1) is 27.4. The summed E-state index contributed by atoms with van der Waals surface area (Å²) in [6.07, 6.45) is 3.78. The smallest absolute Gasteiger partial charge is 0.391 e. The molecule has 2 heterocycles. The maximum absolute atomic E-state index is 12.8. The Labute approximate surface area is 229 Å². The number of aromatic nitrogens is 1. The summed E-state index contributed by atoms with van der Waals surface area (Å²) in [6, 6.07) is 13.7. The first-order chi connectivity index (χ1) is 18.1. The number of pyridine rings is 1. The van der Waals surface area contributed by atoms with E-state index in [4.69, 9.17) is 32.7 Å². The van der Waals surface area contributed by atoms with Gasteiger partial charge in [0.05, 0.1) is 17.1 Å². The number of ether oxygens (including phenoxy) is 2. The monoisotopic (exact) mass is 576 g/mol. The standard InChI is InChI=1S/C25H22Cl2N4O6S/c1-36-13-12-29-24(33)37-22-9-2-16(15-30-22)23(32)31-38(34,35)19-6-3-17(4-7-19)25(27)10-11-28-21-8-5-18(26)14-20(21)25/h2-11,14-15,28H,12-13H2,1H3,(H,29,33)(H,31,32).